The molecule has 2 heterocycles. The lowest BCUT2D eigenvalue weighted by Crippen LogP contribution is -2.34. The number of likely N-dealkylation sites (N-methyl/N-ethyl adjacent to an activating group) is 1. The predicted octanol–water partition coefficient (Wildman–Crippen LogP) is 6.40. The zero-order valence-electron chi connectivity index (χ0n) is 22.2. The Kier molecular flexibility index (Phi) is 7.36. The van der Waals surface area contributed by atoms with E-state index in [4.69, 9.17) is 9.47 Å². The van der Waals surface area contributed by atoms with Gasteiger partial charge in [0.15, 0.2) is 11.5 Å². The number of hydrogen-bond donors (Lipinski definition) is 1. The fourth-order valence-corrected chi connectivity index (χ4v) is 5.10. The van der Waals surface area contributed by atoms with Crippen LogP contribution in [0.5, 0.6) is 11.5 Å². The van der Waals surface area contributed by atoms with E-state index in [9.17, 15) is 8.78 Å². The van der Waals surface area contributed by atoms with Crippen molar-refractivity contribution in [1.29, 1.82) is 0 Å². The van der Waals surface area contributed by atoms with Gasteiger partial charge in [0.1, 0.15) is 18.2 Å². The first-order valence-corrected chi connectivity index (χ1v) is 12.4. The Balaban J connectivity index is 1.67. The van der Waals surface area contributed by atoms with Gasteiger partial charge in [-0.25, -0.2) is 18.7 Å². The van der Waals surface area contributed by atoms with Crippen LogP contribution < -0.4 is 14.8 Å². The molecule has 1 aliphatic heterocycles. The molecule has 6 nitrogen and oxygen atoms in total. The predicted molar refractivity (Wildman–Crippen MR) is 139 cm³/mol. The molecule has 0 bridgehead atoms. The summed E-state index contributed by atoms with van der Waals surface area (Å²) in [6, 6.07) is 9.42. The summed E-state index contributed by atoms with van der Waals surface area (Å²) in [6.45, 7) is 9.23. The fourth-order valence-electron chi connectivity index (χ4n) is 5.10. The first kappa shape index (κ1) is 26.1. The highest BCUT2D eigenvalue weighted by Gasteiger charge is 2.29. The Morgan fingerprint density at radius 3 is 2.56 bits per heavy atom. The molecule has 0 aliphatic carbocycles. The van der Waals surface area contributed by atoms with Crippen LogP contribution in [-0.2, 0) is 5.92 Å². The number of anilines is 1. The van der Waals surface area contributed by atoms with Gasteiger partial charge in [0.2, 0.25) is 0 Å². The summed E-state index contributed by atoms with van der Waals surface area (Å²) < 4.78 is 40.1. The Hall–Kier alpha value is -3.00. The van der Waals surface area contributed by atoms with Crippen molar-refractivity contribution in [2.45, 2.75) is 71.5 Å². The molecule has 1 fully saturated rings. The summed E-state index contributed by atoms with van der Waals surface area (Å²) in [5.41, 5.74) is 2.12. The molecule has 2 aromatic carbocycles. The summed E-state index contributed by atoms with van der Waals surface area (Å²) in [7, 11) is 3.75. The van der Waals surface area contributed by atoms with E-state index < -0.39 is 5.92 Å². The van der Waals surface area contributed by atoms with E-state index in [0.717, 1.165) is 36.2 Å². The topological polar surface area (TPSA) is 59.5 Å². The molecule has 3 atom stereocenters. The lowest BCUT2D eigenvalue weighted by Gasteiger charge is -2.24. The van der Waals surface area contributed by atoms with Gasteiger partial charge in [-0.15, -0.1) is 0 Å². The van der Waals surface area contributed by atoms with Crippen LogP contribution in [0, 0.1) is 13.8 Å². The molecule has 1 N–H and O–H groups in total. The number of halogens is 2. The van der Waals surface area contributed by atoms with E-state index in [0.29, 0.717) is 47.4 Å². The minimum absolute atomic E-state index is 0.0315. The van der Waals surface area contributed by atoms with Gasteiger partial charge in [-0.05, 0) is 64.8 Å². The lowest BCUT2D eigenvalue weighted by atomic mass is 9.94. The summed E-state index contributed by atoms with van der Waals surface area (Å²) in [4.78, 5) is 11.6. The highest BCUT2D eigenvalue weighted by molar-refractivity contribution is 5.92. The number of benzene rings is 2. The number of nitrogens with zero attached hydrogens (tertiary/aromatic N) is 3. The fraction of sp³-hybridized carbons (Fsp3) is 0.500. The van der Waals surface area contributed by atoms with E-state index in [1.807, 2.05) is 32.0 Å². The number of fused-ring (bicyclic) bond motifs is 1. The highest BCUT2D eigenvalue weighted by Crippen LogP contribution is 2.37. The molecule has 1 saturated heterocycles. The molecule has 3 aromatic rings. The summed E-state index contributed by atoms with van der Waals surface area (Å²) in [6.07, 6.45) is 2.25. The van der Waals surface area contributed by atoms with Crippen LogP contribution in [0.1, 0.15) is 62.2 Å². The Bertz CT molecular complexity index is 1240. The molecular weight excluding hydrogens is 462 g/mol. The average Bonchev–Trinajstić information content (AvgIpc) is 3.13. The van der Waals surface area contributed by atoms with Crippen LogP contribution in [0.25, 0.3) is 10.9 Å². The molecule has 1 aromatic heterocycles. The molecule has 1 aliphatic rings. The number of methoxy groups -OCH3 is 1. The lowest BCUT2D eigenvalue weighted by molar-refractivity contribution is 0.0167. The van der Waals surface area contributed by atoms with Crippen LogP contribution in [0.15, 0.2) is 30.3 Å². The van der Waals surface area contributed by atoms with Crippen molar-refractivity contribution in [2.24, 2.45) is 0 Å². The molecule has 36 heavy (non-hydrogen) atoms. The standard InChI is InChI=1S/C28H36F2N4O2/c1-16-11-12-20(34(16)6)15-36-26-13-22-24(14-25(26)35-7)32-19(4)33-27(22)31-18(3)21-9-8-10-23(17(21)2)28(5,29)30/h8-10,13-14,16,18,20H,11-12,15H2,1-7H3,(H,31,32,33)/t16-,18-,20+/m1/s1. The zero-order valence-corrected chi connectivity index (χ0v) is 22.2. The van der Waals surface area contributed by atoms with Gasteiger partial charge in [0, 0.05) is 36.0 Å². The number of aryl methyl sites for hydroxylation is 1. The molecule has 0 saturated carbocycles. The van der Waals surface area contributed by atoms with E-state index in [1.165, 1.54) is 6.07 Å². The van der Waals surface area contributed by atoms with Crippen molar-refractivity contribution in [3.8, 4) is 11.5 Å². The number of ether oxygens (including phenoxy) is 2. The SMILES string of the molecule is COc1cc2nc(C)nc(N[C@H](C)c3cccc(C(C)(F)F)c3C)c2cc1OC[C@@H]1CC[C@@H](C)N1C. The van der Waals surface area contributed by atoms with Crippen LogP contribution in [-0.4, -0.2) is 47.7 Å². The van der Waals surface area contributed by atoms with Crippen LogP contribution >= 0.6 is 0 Å². The number of nitrogens with one attached hydrogen (secondary N) is 1. The van der Waals surface area contributed by atoms with Gasteiger partial charge in [0.25, 0.3) is 5.92 Å². The van der Waals surface area contributed by atoms with Gasteiger partial charge in [-0.3, -0.25) is 4.90 Å². The molecule has 0 spiro atoms. The molecule has 194 valence electrons. The van der Waals surface area contributed by atoms with E-state index in [1.54, 1.807) is 20.1 Å². The molecule has 4 rings (SSSR count). The molecule has 0 unspecified atom stereocenters. The second-order valence-electron chi connectivity index (χ2n) is 9.97. The maximum absolute atomic E-state index is 14.1. The van der Waals surface area contributed by atoms with Crippen molar-refractivity contribution >= 4 is 16.7 Å². The first-order chi connectivity index (χ1) is 17.0. The van der Waals surface area contributed by atoms with Gasteiger partial charge < -0.3 is 14.8 Å². The normalized spacial score (nSPS) is 19.5. The van der Waals surface area contributed by atoms with Crippen LogP contribution in [0.4, 0.5) is 14.6 Å². The number of likely N-dealkylation sites (tertiary alicyclic amines) is 1. The summed E-state index contributed by atoms with van der Waals surface area (Å²) in [5, 5.41) is 4.22. The molecule has 0 radical (unpaired) electrons. The Labute approximate surface area is 212 Å². The van der Waals surface area contributed by atoms with Crippen LogP contribution in [0.2, 0.25) is 0 Å². The van der Waals surface area contributed by atoms with E-state index >= 15 is 0 Å². The third kappa shape index (κ3) is 5.24. The third-order valence-electron chi connectivity index (χ3n) is 7.38. The minimum Gasteiger partial charge on any atom is -0.493 e. The maximum Gasteiger partial charge on any atom is 0.270 e. The second kappa shape index (κ2) is 10.2. The average molecular weight is 499 g/mol. The second-order valence-corrected chi connectivity index (χ2v) is 9.97. The maximum atomic E-state index is 14.1. The monoisotopic (exact) mass is 498 g/mol. The van der Waals surface area contributed by atoms with Crippen molar-refractivity contribution in [2.75, 3.05) is 26.1 Å². The van der Waals surface area contributed by atoms with Crippen molar-refractivity contribution < 1.29 is 18.3 Å². The van der Waals surface area contributed by atoms with Gasteiger partial charge in [-0.2, -0.15) is 0 Å². The Morgan fingerprint density at radius 1 is 1.17 bits per heavy atom. The summed E-state index contributed by atoms with van der Waals surface area (Å²) >= 11 is 0. The number of hydrogen-bond acceptors (Lipinski definition) is 6. The van der Waals surface area contributed by atoms with Gasteiger partial charge in [0.05, 0.1) is 18.7 Å². The highest BCUT2D eigenvalue weighted by atomic mass is 19.3. The smallest absolute Gasteiger partial charge is 0.270 e. The number of rotatable bonds is 8. The quantitative estimate of drug-likeness (QED) is 0.388. The first-order valence-electron chi connectivity index (χ1n) is 12.4. The molecule has 0 amide bonds. The number of alkyl halides is 2. The molecular formula is C28H36F2N4O2. The Morgan fingerprint density at radius 2 is 1.92 bits per heavy atom. The number of aromatic nitrogens is 2. The molecule has 8 heteroatoms. The zero-order chi connectivity index (χ0) is 26.2. The van der Waals surface area contributed by atoms with E-state index in [-0.39, 0.29) is 11.6 Å². The van der Waals surface area contributed by atoms with Gasteiger partial charge >= 0.3 is 0 Å². The largest absolute Gasteiger partial charge is 0.493 e. The third-order valence-corrected chi connectivity index (χ3v) is 7.38. The van der Waals surface area contributed by atoms with Crippen molar-refractivity contribution in [3.05, 3.63) is 52.8 Å². The van der Waals surface area contributed by atoms with Crippen LogP contribution in [0.3, 0.4) is 0 Å². The minimum atomic E-state index is -2.91. The van der Waals surface area contributed by atoms with Crippen molar-refractivity contribution in [3.63, 3.8) is 0 Å². The van der Waals surface area contributed by atoms with Crippen molar-refractivity contribution in [1.82, 2.24) is 14.9 Å². The van der Waals surface area contributed by atoms with Gasteiger partial charge in [-0.1, -0.05) is 18.2 Å². The van der Waals surface area contributed by atoms with E-state index in [2.05, 4.69) is 34.2 Å². The summed E-state index contributed by atoms with van der Waals surface area (Å²) in [5.74, 6) is -0.449.